The topological polar surface area (TPSA) is 6.48 Å². The summed E-state index contributed by atoms with van der Waals surface area (Å²) in [5.41, 5.74) is 13.2. The minimum absolute atomic E-state index is 0.538. The number of anilines is 2. The maximum absolute atomic E-state index is 5.86. The zero-order chi connectivity index (χ0) is 27.3. The summed E-state index contributed by atoms with van der Waals surface area (Å²) in [6.45, 7) is 21.9. The molecular formula is C32H40Cl2N2Ru+2. The molecule has 37 heavy (non-hydrogen) atoms. The predicted molar refractivity (Wildman–Crippen MR) is 162 cm³/mol. The average molecular weight is 625 g/mol. The van der Waals surface area contributed by atoms with E-state index in [0.29, 0.717) is 5.92 Å². The normalized spacial score (nSPS) is 13.2. The van der Waals surface area contributed by atoms with Crippen LogP contribution < -0.4 is 9.80 Å². The molecule has 1 saturated heterocycles. The molecule has 3 aromatic carbocycles. The molecule has 198 valence electrons. The molecule has 0 radical (unpaired) electrons. The molecule has 1 fully saturated rings. The van der Waals surface area contributed by atoms with Gasteiger partial charge in [0.2, 0.25) is 0 Å². The van der Waals surface area contributed by atoms with Crippen LogP contribution in [0, 0.1) is 60.5 Å². The van der Waals surface area contributed by atoms with Crippen molar-refractivity contribution in [1.29, 1.82) is 0 Å². The van der Waals surface area contributed by atoms with Crippen LogP contribution in [0.4, 0.5) is 11.4 Å². The van der Waals surface area contributed by atoms with Crippen molar-refractivity contribution < 1.29 is 13.5 Å². The van der Waals surface area contributed by atoms with Crippen molar-refractivity contribution in [3.05, 3.63) is 106 Å². The van der Waals surface area contributed by atoms with Gasteiger partial charge in [0.1, 0.15) is 0 Å². The number of halogens is 2. The van der Waals surface area contributed by atoms with Crippen molar-refractivity contribution in [2.45, 2.75) is 55.4 Å². The number of hydrogen-bond acceptors (Lipinski definition) is 2. The molecule has 0 saturated carbocycles. The summed E-state index contributed by atoms with van der Waals surface area (Å²) in [4.78, 5) is 4.81. The second kappa shape index (κ2) is 13.2. The molecule has 0 aliphatic carbocycles. The van der Waals surface area contributed by atoms with E-state index in [2.05, 4.69) is 115 Å². The first-order valence-electron chi connectivity index (χ1n) is 12.8. The molecule has 0 N–H and O–H groups in total. The molecule has 1 aliphatic heterocycles. The van der Waals surface area contributed by atoms with Gasteiger partial charge in [0.05, 0.1) is 24.5 Å². The van der Waals surface area contributed by atoms with Crippen LogP contribution in [0.15, 0.2) is 48.5 Å². The molecule has 0 atom stereocenters. The van der Waals surface area contributed by atoms with Gasteiger partial charge in [-0.3, -0.25) is 0 Å². The molecule has 0 aromatic heterocycles. The summed E-state index contributed by atoms with van der Waals surface area (Å²) in [5.74, 6) is 0.538. The Morgan fingerprint density at radius 1 is 0.784 bits per heavy atom. The number of benzene rings is 3. The summed E-state index contributed by atoms with van der Waals surface area (Å²) in [7, 11) is 11.7. The van der Waals surface area contributed by atoms with Gasteiger partial charge in [0.25, 0.3) is 6.67 Å². The van der Waals surface area contributed by atoms with Gasteiger partial charge in [-0.2, -0.15) is 9.80 Å². The molecule has 0 bridgehead atoms. The Labute approximate surface area is 238 Å². The van der Waals surface area contributed by atoms with Gasteiger partial charge in [-0.05, 0) is 63.8 Å². The molecule has 2 nitrogen and oxygen atoms in total. The van der Waals surface area contributed by atoms with Crippen LogP contribution in [-0.2, 0) is 13.5 Å². The molecule has 1 heterocycles. The van der Waals surface area contributed by atoms with E-state index < -0.39 is 13.5 Å². The van der Waals surface area contributed by atoms with Crippen molar-refractivity contribution >= 4 is 35.4 Å². The van der Waals surface area contributed by atoms with Crippen LogP contribution in [0.25, 0.3) is 0 Å². The van der Waals surface area contributed by atoms with Crippen LogP contribution in [-0.4, -0.2) is 17.7 Å². The van der Waals surface area contributed by atoms with E-state index in [1.807, 2.05) is 16.7 Å². The van der Waals surface area contributed by atoms with E-state index >= 15 is 0 Å². The molecule has 3 aromatic rings. The van der Waals surface area contributed by atoms with Crippen molar-refractivity contribution in [2.24, 2.45) is 5.92 Å². The first-order valence-corrected chi connectivity index (χ1v) is 18.2. The van der Waals surface area contributed by atoms with Crippen LogP contribution in [0.1, 0.15) is 58.4 Å². The standard InChI is InChI=1S/C21H27N2.C11H13.2ClH.Ru/c1-14-9-16(3)20(17(4)10-14)22-7-8-23(13-22)21-18(5)11-15(2)12-19(21)6;1-9(2)8-11-7-5-4-6-10(11)3;;;/h9-13H,7-8H2,1-6H3;3-9H,1-2H3;2*1H;/q2*+1;;;+2/p-2. The molecule has 4 rings (SSSR count). The van der Waals surface area contributed by atoms with Crippen molar-refractivity contribution in [3.63, 3.8) is 0 Å². The summed E-state index contributed by atoms with van der Waals surface area (Å²) in [6, 6.07) is 17.3. The second-order valence-corrected chi connectivity index (χ2v) is 16.1. The number of hydrogen-bond donors (Lipinski definition) is 0. The van der Waals surface area contributed by atoms with Gasteiger partial charge in [0.15, 0.2) is 0 Å². The van der Waals surface area contributed by atoms with Crippen molar-refractivity contribution in [3.8, 4) is 0 Å². The molecule has 0 amide bonds. The van der Waals surface area contributed by atoms with Crippen LogP contribution in [0.2, 0.25) is 0 Å². The van der Waals surface area contributed by atoms with Crippen LogP contribution in [0.5, 0.6) is 0 Å². The van der Waals surface area contributed by atoms with Crippen LogP contribution >= 0.6 is 19.4 Å². The zero-order valence-electron chi connectivity index (χ0n) is 23.3. The average Bonchev–Trinajstić information content (AvgIpc) is 3.22. The quantitative estimate of drug-likeness (QED) is 0.207. The predicted octanol–water partition coefficient (Wildman–Crippen LogP) is 8.95. The van der Waals surface area contributed by atoms with Gasteiger partial charge in [-0.15, -0.1) is 0 Å². The summed E-state index contributed by atoms with van der Waals surface area (Å²) in [5, 5.41) is 0. The summed E-state index contributed by atoms with van der Waals surface area (Å²) < 4.78 is 1.99. The second-order valence-electron chi connectivity index (χ2n) is 10.3. The summed E-state index contributed by atoms with van der Waals surface area (Å²) >= 11 is -1.71. The zero-order valence-corrected chi connectivity index (χ0v) is 26.6. The van der Waals surface area contributed by atoms with E-state index in [4.69, 9.17) is 19.4 Å². The SMILES string of the molecule is CC(C)[CH+]c1ccccc1[CH]=[Ru]([Cl])[Cl].Cc1cc(C)c(N2[CH+]N(c3c(C)cc(C)cc3C)CC2)c(C)c1. The molecule has 5 heteroatoms. The third-order valence-electron chi connectivity index (χ3n) is 6.40. The first-order chi connectivity index (χ1) is 17.5. The van der Waals surface area contributed by atoms with Gasteiger partial charge >= 0.3 is 99.1 Å². The van der Waals surface area contributed by atoms with E-state index in [-0.39, 0.29) is 0 Å². The van der Waals surface area contributed by atoms with Gasteiger partial charge < -0.3 is 0 Å². The fraction of sp³-hybridized carbons (Fsp3) is 0.344. The van der Waals surface area contributed by atoms with Gasteiger partial charge in [-0.25, -0.2) is 0 Å². The Hall–Kier alpha value is -1.93. The van der Waals surface area contributed by atoms with E-state index in [9.17, 15) is 0 Å². The third-order valence-corrected chi connectivity index (χ3v) is 8.23. The molecule has 1 aliphatic rings. The Bertz CT molecular complexity index is 1150. The Morgan fingerprint density at radius 2 is 1.22 bits per heavy atom. The van der Waals surface area contributed by atoms with Crippen LogP contribution in [0.3, 0.4) is 0 Å². The van der Waals surface area contributed by atoms with Crippen molar-refractivity contribution in [1.82, 2.24) is 0 Å². The largest absolute Gasteiger partial charge is 0.295 e. The Kier molecular flexibility index (Phi) is 10.6. The maximum Gasteiger partial charge on any atom is 0.295 e. The minimum atomic E-state index is -1.71. The molecule has 0 unspecified atom stereocenters. The fourth-order valence-corrected chi connectivity index (χ4v) is 7.14. The third kappa shape index (κ3) is 8.03. The monoisotopic (exact) mass is 624 g/mol. The minimum Gasteiger partial charge on any atom is -0.188 e. The van der Waals surface area contributed by atoms with Crippen molar-refractivity contribution in [2.75, 3.05) is 22.9 Å². The fourth-order valence-electron chi connectivity index (χ4n) is 5.29. The Morgan fingerprint density at radius 3 is 1.62 bits per heavy atom. The van der Waals surface area contributed by atoms with Gasteiger partial charge in [-0.1, -0.05) is 35.4 Å². The molecular weight excluding hydrogens is 584 g/mol. The number of aryl methyl sites for hydroxylation is 6. The summed E-state index contributed by atoms with van der Waals surface area (Å²) in [6.07, 6.45) is 2.22. The van der Waals surface area contributed by atoms with E-state index in [1.54, 1.807) is 0 Å². The maximum atomic E-state index is 5.86. The number of nitrogens with zero attached hydrogens (tertiary/aromatic N) is 2. The molecule has 0 spiro atoms. The number of rotatable bonds is 5. The van der Waals surface area contributed by atoms with E-state index in [1.165, 1.54) is 50.3 Å². The van der Waals surface area contributed by atoms with E-state index in [0.717, 1.165) is 18.7 Å². The van der Waals surface area contributed by atoms with Gasteiger partial charge in [0, 0.05) is 0 Å². The Balaban J connectivity index is 0.000000233. The smallest absolute Gasteiger partial charge is 0.188 e. The first kappa shape index (κ1) is 29.6.